The number of ether oxygens (including phenoxy) is 1. The standard InChI is InChI=1S/C9H15N3O3/c1-3-15-9(14)8-6(7(10)5-13)4-12(2)11-8/h4,7,13H,3,5,10H2,1-2H3/t7-/m0/s1. The van der Waals surface area contributed by atoms with Gasteiger partial charge in [0.2, 0.25) is 0 Å². The molecule has 6 heteroatoms. The molecule has 1 heterocycles. The number of nitrogens with two attached hydrogens (primary N) is 1. The van der Waals surface area contributed by atoms with E-state index in [-0.39, 0.29) is 18.9 Å². The largest absolute Gasteiger partial charge is 0.461 e. The number of hydrogen-bond donors (Lipinski definition) is 2. The molecule has 84 valence electrons. The highest BCUT2D eigenvalue weighted by atomic mass is 16.5. The molecule has 0 bridgehead atoms. The van der Waals surface area contributed by atoms with Crippen LogP contribution in [0.2, 0.25) is 0 Å². The molecular formula is C9H15N3O3. The van der Waals surface area contributed by atoms with Crippen molar-refractivity contribution in [1.82, 2.24) is 9.78 Å². The number of esters is 1. The van der Waals surface area contributed by atoms with Crippen molar-refractivity contribution < 1.29 is 14.6 Å². The van der Waals surface area contributed by atoms with Crippen molar-refractivity contribution in [1.29, 1.82) is 0 Å². The lowest BCUT2D eigenvalue weighted by Crippen LogP contribution is -2.18. The minimum atomic E-state index is -0.613. The Labute approximate surface area is 87.6 Å². The van der Waals surface area contributed by atoms with Crippen LogP contribution in [0, 0.1) is 0 Å². The summed E-state index contributed by atoms with van der Waals surface area (Å²) >= 11 is 0. The van der Waals surface area contributed by atoms with E-state index in [1.807, 2.05) is 0 Å². The highest BCUT2D eigenvalue weighted by Crippen LogP contribution is 2.15. The topological polar surface area (TPSA) is 90.4 Å². The fourth-order valence-electron chi connectivity index (χ4n) is 1.23. The SMILES string of the molecule is CCOC(=O)c1nn(C)cc1[C@@H](N)CO. The van der Waals surface area contributed by atoms with E-state index < -0.39 is 12.0 Å². The Morgan fingerprint density at radius 1 is 1.80 bits per heavy atom. The Balaban J connectivity index is 3.00. The summed E-state index contributed by atoms with van der Waals surface area (Å²) in [5, 5.41) is 12.9. The van der Waals surface area contributed by atoms with Crippen LogP contribution in [0.15, 0.2) is 6.20 Å². The maximum absolute atomic E-state index is 11.5. The third-order valence-corrected chi connectivity index (χ3v) is 1.92. The lowest BCUT2D eigenvalue weighted by atomic mass is 10.1. The Bertz CT molecular complexity index is 348. The maximum atomic E-state index is 11.5. The van der Waals surface area contributed by atoms with Gasteiger partial charge in [0.15, 0.2) is 5.69 Å². The van der Waals surface area contributed by atoms with Gasteiger partial charge < -0.3 is 15.6 Å². The van der Waals surface area contributed by atoms with E-state index in [1.165, 1.54) is 4.68 Å². The van der Waals surface area contributed by atoms with Gasteiger partial charge in [0, 0.05) is 18.8 Å². The van der Waals surface area contributed by atoms with Crippen LogP contribution in [0.5, 0.6) is 0 Å². The van der Waals surface area contributed by atoms with Gasteiger partial charge in [-0.15, -0.1) is 0 Å². The minimum absolute atomic E-state index is 0.168. The van der Waals surface area contributed by atoms with Crippen LogP contribution in [0.1, 0.15) is 29.0 Å². The van der Waals surface area contributed by atoms with Crippen molar-refractivity contribution in [3.63, 3.8) is 0 Å². The molecule has 0 saturated carbocycles. The summed E-state index contributed by atoms with van der Waals surface area (Å²) in [5.41, 5.74) is 6.30. The van der Waals surface area contributed by atoms with Crippen LogP contribution in [-0.2, 0) is 11.8 Å². The molecule has 0 aromatic carbocycles. The summed E-state index contributed by atoms with van der Waals surface area (Å²) in [6.07, 6.45) is 1.60. The lowest BCUT2D eigenvalue weighted by molar-refractivity contribution is 0.0516. The van der Waals surface area contributed by atoms with Crippen LogP contribution >= 0.6 is 0 Å². The van der Waals surface area contributed by atoms with E-state index in [0.717, 1.165) is 0 Å². The number of rotatable bonds is 4. The second-order valence-electron chi connectivity index (χ2n) is 3.12. The molecule has 6 nitrogen and oxygen atoms in total. The number of nitrogens with zero attached hydrogens (tertiary/aromatic N) is 2. The number of aryl methyl sites for hydroxylation is 1. The third kappa shape index (κ3) is 2.54. The van der Waals surface area contributed by atoms with E-state index in [0.29, 0.717) is 5.56 Å². The summed E-state index contributed by atoms with van der Waals surface area (Å²) in [5.74, 6) is -0.517. The Kier molecular flexibility index (Phi) is 3.81. The Hall–Kier alpha value is -1.40. The average Bonchev–Trinajstić information content (AvgIpc) is 2.59. The zero-order chi connectivity index (χ0) is 11.4. The summed E-state index contributed by atoms with van der Waals surface area (Å²) in [6, 6.07) is -0.613. The van der Waals surface area contributed by atoms with Gasteiger partial charge in [0.05, 0.1) is 19.3 Å². The first kappa shape index (κ1) is 11.7. The summed E-state index contributed by atoms with van der Waals surface area (Å²) < 4.78 is 6.29. The van der Waals surface area contributed by atoms with Crippen LogP contribution < -0.4 is 5.73 Å². The molecule has 0 spiro atoms. The zero-order valence-corrected chi connectivity index (χ0v) is 8.80. The second-order valence-corrected chi connectivity index (χ2v) is 3.12. The molecule has 0 aliphatic heterocycles. The third-order valence-electron chi connectivity index (χ3n) is 1.92. The van der Waals surface area contributed by atoms with Gasteiger partial charge >= 0.3 is 5.97 Å². The van der Waals surface area contributed by atoms with Gasteiger partial charge in [-0.2, -0.15) is 5.10 Å². The van der Waals surface area contributed by atoms with Crippen molar-refractivity contribution in [2.24, 2.45) is 12.8 Å². The van der Waals surface area contributed by atoms with E-state index >= 15 is 0 Å². The molecule has 0 fully saturated rings. The highest BCUT2D eigenvalue weighted by molar-refractivity contribution is 5.89. The van der Waals surface area contributed by atoms with Crippen LogP contribution in [0.3, 0.4) is 0 Å². The number of carbonyl (C=O) groups excluding carboxylic acids is 1. The fourth-order valence-corrected chi connectivity index (χ4v) is 1.23. The van der Waals surface area contributed by atoms with E-state index in [4.69, 9.17) is 15.6 Å². The van der Waals surface area contributed by atoms with Gasteiger partial charge in [0.1, 0.15) is 0 Å². The first-order valence-corrected chi connectivity index (χ1v) is 4.67. The number of hydrogen-bond acceptors (Lipinski definition) is 5. The van der Waals surface area contributed by atoms with Gasteiger partial charge in [-0.3, -0.25) is 4.68 Å². The van der Waals surface area contributed by atoms with Crippen LogP contribution in [0.4, 0.5) is 0 Å². The normalized spacial score (nSPS) is 12.5. The molecule has 0 radical (unpaired) electrons. The van der Waals surface area contributed by atoms with Crippen molar-refractivity contribution in [2.75, 3.05) is 13.2 Å². The van der Waals surface area contributed by atoms with Gasteiger partial charge in [-0.05, 0) is 6.92 Å². The summed E-state index contributed by atoms with van der Waals surface area (Å²) in [7, 11) is 1.68. The lowest BCUT2D eigenvalue weighted by Gasteiger charge is -2.06. The summed E-state index contributed by atoms with van der Waals surface area (Å²) in [4.78, 5) is 11.5. The van der Waals surface area contributed by atoms with Crippen molar-refractivity contribution >= 4 is 5.97 Å². The van der Waals surface area contributed by atoms with Crippen LogP contribution in [-0.4, -0.2) is 34.1 Å². The monoisotopic (exact) mass is 213 g/mol. The highest BCUT2D eigenvalue weighted by Gasteiger charge is 2.21. The number of carbonyl (C=O) groups is 1. The fraction of sp³-hybridized carbons (Fsp3) is 0.556. The molecule has 0 saturated heterocycles. The Morgan fingerprint density at radius 3 is 3.00 bits per heavy atom. The predicted octanol–water partition coefficient (Wildman–Crippen LogP) is -0.411. The molecule has 15 heavy (non-hydrogen) atoms. The molecule has 3 N–H and O–H groups in total. The number of aliphatic hydroxyl groups excluding tert-OH is 1. The molecule has 0 aliphatic rings. The van der Waals surface area contributed by atoms with Gasteiger partial charge in [-0.25, -0.2) is 4.79 Å². The first-order chi connectivity index (χ1) is 7.10. The van der Waals surface area contributed by atoms with E-state index in [1.54, 1.807) is 20.2 Å². The Morgan fingerprint density at radius 2 is 2.47 bits per heavy atom. The first-order valence-electron chi connectivity index (χ1n) is 4.67. The van der Waals surface area contributed by atoms with Crippen molar-refractivity contribution in [3.05, 3.63) is 17.5 Å². The molecule has 0 unspecified atom stereocenters. The van der Waals surface area contributed by atoms with E-state index in [9.17, 15) is 4.79 Å². The second kappa shape index (κ2) is 4.90. The zero-order valence-electron chi connectivity index (χ0n) is 8.80. The molecular weight excluding hydrogens is 198 g/mol. The number of aliphatic hydroxyl groups is 1. The average molecular weight is 213 g/mol. The summed E-state index contributed by atoms with van der Waals surface area (Å²) in [6.45, 7) is 1.76. The smallest absolute Gasteiger partial charge is 0.359 e. The molecule has 1 aromatic heterocycles. The molecule has 1 aromatic rings. The quantitative estimate of drug-likeness (QED) is 0.663. The molecule has 0 amide bonds. The molecule has 1 atom stereocenters. The van der Waals surface area contributed by atoms with Gasteiger partial charge in [0.25, 0.3) is 0 Å². The minimum Gasteiger partial charge on any atom is -0.461 e. The predicted molar refractivity (Wildman–Crippen MR) is 53.2 cm³/mol. The van der Waals surface area contributed by atoms with Gasteiger partial charge in [-0.1, -0.05) is 0 Å². The van der Waals surface area contributed by atoms with Crippen molar-refractivity contribution in [2.45, 2.75) is 13.0 Å². The van der Waals surface area contributed by atoms with E-state index in [2.05, 4.69) is 5.10 Å². The number of aromatic nitrogens is 2. The molecule has 1 rings (SSSR count). The van der Waals surface area contributed by atoms with Crippen molar-refractivity contribution in [3.8, 4) is 0 Å². The van der Waals surface area contributed by atoms with Crippen LogP contribution in [0.25, 0.3) is 0 Å². The molecule has 0 aliphatic carbocycles. The maximum Gasteiger partial charge on any atom is 0.359 e.